The minimum absolute atomic E-state index is 0.0426. The molecule has 1 aromatic heterocycles. The SMILES string of the molecule is Cc1nc(C)c(C(=O)NCCCCCCCC(=O)O)s1. The van der Waals surface area contributed by atoms with Crippen molar-refractivity contribution in [3.8, 4) is 0 Å². The van der Waals surface area contributed by atoms with Gasteiger partial charge in [0.15, 0.2) is 0 Å². The lowest BCUT2D eigenvalue weighted by molar-refractivity contribution is -0.137. The largest absolute Gasteiger partial charge is 0.481 e. The Labute approximate surface area is 123 Å². The Morgan fingerprint density at radius 1 is 1.15 bits per heavy atom. The summed E-state index contributed by atoms with van der Waals surface area (Å²) in [5.41, 5.74) is 0.790. The van der Waals surface area contributed by atoms with Crippen molar-refractivity contribution in [1.29, 1.82) is 0 Å². The van der Waals surface area contributed by atoms with Crippen LogP contribution in [0.2, 0.25) is 0 Å². The third-order valence-corrected chi connectivity index (χ3v) is 4.03. The van der Waals surface area contributed by atoms with Gasteiger partial charge >= 0.3 is 5.97 Å². The molecule has 1 amide bonds. The van der Waals surface area contributed by atoms with E-state index >= 15 is 0 Å². The predicted octanol–water partition coefficient (Wildman–Crippen LogP) is 2.91. The molecule has 0 aliphatic heterocycles. The van der Waals surface area contributed by atoms with Gasteiger partial charge in [-0.25, -0.2) is 4.98 Å². The van der Waals surface area contributed by atoms with Crippen molar-refractivity contribution in [3.63, 3.8) is 0 Å². The van der Waals surface area contributed by atoms with E-state index in [-0.39, 0.29) is 12.3 Å². The summed E-state index contributed by atoms with van der Waals surface area (Å²) in [5.74, 6) is -0.772. The molecule has 1 rings (SSSR count). The van der Waals surface area contributed by atoms with Crippen LogP contribution < -0.4 is 5.32 Å². The number of carbonyl (C=O) groups is 2. The standard InChI is InChI=1S/C14H22N2O3S/c1-10-13(20-11(2)16-10)14(19)15-9-7-5-3-4-6-8-12(17)18/h3-9H2,1-2H3,(H,15,19)(H,17,18). The summed E-state index contributed by atoms with van der Waals surface area (Å²) in [6, 6.07) is 0. The molecule has 112 valence electrons. The van der Waals surface area contributed by atoms with Gasteiger partial charge in [-0.05, 0) is 26.7 Å². The second kappa shape index (κ2) is 8.68. The van der Waals surface area contributed by atoms with Gasteiger partial charge < -0.3 is 10.4 Å². The van der Waals surface area contributed by atoms with Crippen LogP contribution in [0.4, 0.5) is 0 Å². The van der Waals surface area contributed by atoms with Gasteiger partial charge in [-0.1, -0.05) is 19.3 Å². The fraction of sp³-hybridized carbons (Fsp3) is 0.643. The molecule has 0 spiro atoms. The average molecular weight is 298 g/mol. The Bertz CT molecular complexity index is 457. The Morgan fingerprint density at radius 2 is 1.80 bits per heavy atom. The Kier molecular flexibility index (Phi) is 7.22. The van der Waals surface area contributed by atoms with Crippen molar-refractivity contribution >= 4 is 23.2 Å². The minimum atomic E-state index is -0.729. The van der Waals surface area contributed by atoms with E-state index in [2.05, 4.69) is 10.3 Å². The molecular formula is C14H22N2O3S. The Hall–Kier alpha value is -1.43. The highest BCUT2D eigenvalue weighted by molar-refractivity contribution is 7.13. The van der Waals surface area contributed by atoms with Crippen LogP contribution in [0.5, 0.6) is 0 Å². The molecule has 0 aliphatic rings. The smallest absolute Gasteiger partial charge is 0.303 e. The molecule has 1 heterocycles. The number of thiazole rings is 1. The first-order valence-corrected chi connectivity index (χ1v) is 7.76. The molecule has 0 unspecified atom stereocenters. The molecule has 5 nitrogen and oxygen atoms in total. The number of nitrogens with one attached hydrogen (secondary N) is 1. The van der Waals surface area contributed by atoms with E-state index in [0.717, 1.165) is 42.8 Å². The van der Waals surface area contributed by atoms with Crippen LogP contribution in [0.3, 0.4) is 0 Å². The van der Waals surface area contributed by atoms with E-state index in [9.17, 15) is 9.59 Å². The number of aromatic nitrogens is 1. The normalized spacial score (nSPS) is 10.5. The molecule has 2 N–H and O–H groups in total. The monoisotopic (exact) mass is 298 g/mol. The van der Waals surface area contributed by atoms with E-state index in [1.807, 2.05) is 13.8 Å². The quantitative estimate of drug-likeness (QED) is 0.687. The number of aliphatic carboxylic acids is 1. The number of carbonyl (C=O) groups excluding carboxylic acids is 1. The highest BCUT2D eigenvalue weighted by Gasteiger charge is 2.12. The van der Waals surface area contributed by atoms with Crippen molar-refractivity contribution in [2.24, 2.45) is 0 Å². The summed E-state index contributed by atoms with van der Waals surface area (Å²) in [6.45, 7) is 4.40. The molecule has 0 atom stereocenters. The third-order valence-electron chi connectivity index (χ3n) is 2.96. The molecule has 0 fully saturated rings. The predicted molar refractivity (Wildman–Crippen MR) is 79.3 cm³/mol. The highest BCUT2D eigenvalue weighted by atomic mass is 32.1. The lowest BCUT2D eigenvalue weighted by Crippen LogP contribution is -2.24. The Balaban J connectivity index is 2.08. The maximum Gasteiger partial charge on any atom is 0.303 e. The van der Waals surface area contributed by atoms with Crippen molar-refractivity contribution in [3.05, 3.63) is 15.6 Å². The van der Waals surface area contributed by atoms with Gasteiger partial charge in [-0.2, -0.15) is 0 Å². The van der Waals surface area contributed by atoms with Crippen LogP contribution in [0, 0.1) is 13.8 Å². The molecule has 0 aliphatic carbocycles. The van der Waals surface area contributed by atoms with E-state index in [1.165, 1.54) is 11.3 Å². The second-order valence-corrected chi connectivity index (χ2v) is 6.02. The summed E-state index contributed by atoms with van der Waals surface area (Å²) >= 11 is 1.42. The fourth-order valence-corrected chi connectivity index (χ4v) is 2.79. The molecule has 6 heteroatoms. The van der Waals surface area contributed by atoms with E-state index in [4.69, 9.17) is 5.11 Å². The van der Waals surface area contributed by atoms with Crippen LogP contribution in [-0.2, 0) is 4.79 Å². The lowest BCUT2D eigenvalue weighted by atomic mass is 10.1. The highest BCUT2D eigenvalue weighted by Crippen LogP contribution is 2.16. The number of aryl methyl sites for hydroxylation is 2. The molecule has 0 bridgehead atoms. The summed E-state index contributed by atoms with van der Waals surface area (Å²) in [6.07, 6.45) is 4.88. The fourth-order valence-electron chi connectivity index (χ4n) is 1.96. The first-order valence-electron chi connectivity index (χ1n) is 6.94. The zero-order valence-electron chi connectivity index (χ0n) is 12.1. The zero-order chi connectivity index (χ0) is 15.0. The van der Waals surface area contributed by atoms with Gasteiger partial charge in [0.1, 0.15) is 4.88 Å². The molecule has 0 radical (unpaired) electrons. The van der Waals surface area contributed by atoms with Gasteiger partial charge in [0, 0.05) is 13.0 Å². The van der Waals surface area contributed by atoms with Crippen molar-refractivity contribution < 1.29 is 14.7 Å². The summed E-state index contributed by atoms with van der Waals surface area (Å²) in [7, 11) is 0. The van der Waals surface area contributed by atoms with Gasteiger partial charge in [-0.3, -0.25) is 9.59 Å². The number of carboxylic acid groups (broad SMARTS) is 1. The number of rotatable bonds is 9. The topological polar surface area (TPSA) is 79.3 Å². The maximum atomic E-state index is 11.9. The van der Waals surface area contributed by atoms with Crippen LogP contribution in [0.25, 0.3) is 0 Å². The lowest BCUT2D eigenvalue weighted by Gasteiger charge is -2.04. The average Bonchev–Trinajstić information content (AvgIpc) is 2.71. The van der Waals surface area contributed by atoms with E-state index in [1.54, 1.807) is 0 Å². The summed E-state index contributed by atoms with van der Waals surface area (Å²) in [5, 5.41) is 12.3. The van der Waals surface area contributed by atoms with Crippen molar-refractivity contribution in [1.82, 2.24) is 10.3 Å². The van der Waals surface area contributed by atoms with Crippen molar-refractivity contribution in [2.75, 3.05) is 6.54 Å². The summed E-state index contributed by atoms with van der Waals surface area (Å²) in [4.78, 5) is 27.1. The number of unbranched alkanes of at least 4 members (excludes halogenated alkanes) is 4. The van der Waals surface area contributed by atoms with E-state index < -0.39 is 5.97 Å². The first-order chi connectivity index (χ1) is 9.50. The van der Waals surface area contributed by atoms with Crippen molar-refractivity contribution in [2.45, 2.75) is 52.4 Å². The van der Waals surface area contributed by atoms with E-state index in [0.29, 0.717) is 11.4 Å². The molecule has 0 saturated carbocycles. The van der Waals surface area contributed by atoms with Crippen LogP contribution >= 0.6 is 11.3 Å². The number of hydrogen-bond donors (Lipinski definition) is 2. The summed E-state index contributed by atoms with van der Waals surface area (Å²) < 4.78 is 0. The number of amides is 1. The molecule has 20 heavy (non-hydrogen) atoms. The van der Waals surface area contributed by atoms with Crippen LogP contribution in [0.15, 0.2) is 0 Å². The molecule has 0 aromatic carbocycles. The maximum absolute atomic E-state index is 11.9. The molecule has 1 aromatic rings. The number of carboxylic acids is 1. The van der Waals surface area contributed by atoms with Gasteiger partial charge in [-0.15, -0.1) is 11.3 Å². The van der Waals surface area contributed by atoms with Gasteiger partial charge in [0.05, 0.1) is 10.7 Å². The Morgan fingerprint density at radius 3 is 2.40 bits per heavy atom. The molecule has 0 saturated heterocycles. The van der Waals surface area contributed by atoms with Crippen LogP contribution in [-0.4, -0.2) is 28.5 Å². The first kappa shape index (κ1) is 16.6. The number of nitrogens with zero attached hydrogens (tertiary/aromatic N) is 1. The van der Waals surface area contributed by atoms with Crippen LogP contribution in [0.1, 0.15) is 58.9 Å². The molecular weight excluding hydrogens is 276 g/mol. The van der Waals surface area contributed by atoms with Gasteiger partial charge in [0.2, 0.25) is 0 Å². The second-order valence-electron chi connectivity index (χ2n) is 4.81. The minimum Gasteiger partial charge on any atom is -0.481 e. The number of hydrogen-bond acceptors (Lipinski definition) is 4. The van der Waals surface area contributed by atoms with Gasteiger partial charge in [0.25, 0.3) is 5.91 Å². The zero-order valence-corrected chi connectivity index (χ0v) is 12.9. The third kappa shape index (κ3) is 6.14.